The normalized spacial score (nSPS) is 10.4. The Kier molecular flexibility index (Phi) is 6.46. The molecule has 2 heterocycles. The Labute approximate surface area is 163 Å². The second kappa shape index (κ2) is 8.61. The van der Waals surface area contributed by atoms with Crippen LogP contribution in [0.2, 0.25) is 0 Å². The maximum Gasteiger partial charge on any atom is 0.341 e. The Morgan fingerprint density at radius 3 is 2.64 bits per heavy atom. The minimum atomic E-state index is -0.862. The lowest BCUT2D eigenvalue weighted by atomic mass is 10.1. The standard InChI is InChI=1S/C16H19N5O6S/c1-5-6-27-16(24)10-8(2)12(15(23)20(3)4)28-14(10)18-13(22)11-9(21(25)26)7-17-19-11/h7H,5-6H2,1-4H3,(H,17,19)(H,18,22). The van der Waals surface area contributed by atoms with Gasteiger partial charge in [0.1, 0.15) is 11.2 Å². The van der Waals surface area contributed by atoms with E-state index in [1.165, 1.54) is 4.90 Å². The molecule has 0 saturated carbocycles. The SMILES string of the molecule is CCCOC(=O)c1c(NC(=O)c2[nH]ncc2[N+](=O)[O-])sc(C(=O)N(C)C)c1C. The van der Waals surface area contributed by atoms with Crippen LogP contribution in [0.4, 0.5) is 10.7 Å². The zero-order chi connectivity index (χ0) is 21.0. The van der Waals surface area contributed by atoms with E-state index in [4.69, 9.17) is 4.74 Å². The number of rotatable bonds is 7. The van der Waals surface area contributed by atoms with Crippen molar-refractivity contribution in [2.75, 3.05) is 26.0 Å². The van der Waals surface area contributed by atoms with Gasteiger partial charge in [-0.15, -0.1) is 11.3 Å². The van der Waals surface area contributed by atoms with Crippen molar-refractivity contribution in [2.24, 2.45) is 0 Å². The number of carbonyl (C=O) groups is 3. The van der Waals surface area contributed by atoms with E-state index in [0.717, 1.165) is 17.5 Å². The maximum absolute atomic E-state index is 12.5. The van der Waals surface area contributed by atoms with Crippen molar-refractivity contribution in [1.29, 1.82) is 0 Å². The van der Waals surface area contributed by atoms with Gasteiger partial charge in [0.25, 0.3) is 11.8 Å². The first kappa shape index (κ1) is 21.0. The van der Waals surface area contributed by atoms with Crippen molar-refractivity contribution in [1.82, 2.24) is 15.1 Å². The number of carbonyl (C=O) groups excluding carboxylic acids is 3. The van der Waals surface area contributed by atoms with Crippen molar-refractivity contribution in [2.45, 2.75) is 20.3 Å². The van der Waals surface area contributed by atoms with E-state index in [1.807, 2.05) is 6.92 Å². The number of thiophene rings is 1. The summed E-state index contributed by atoms with van der Waals surface area (Å²) in [7, 11) is 3.12. The number of anilines is 1. The monoisotopic (exact) mass is 409 g/mol. The number of H-pyrrole nitrogens is 1. The van der Waals surface area contributed by atoms with E-state index in [2.05, 4.69) is 15.5 Å². The molecule has 12 heteroatoms. The fourth-order valence-corrected chi connectivity index (χ4v) is 3.48. The van der Waals surface area contributed by atoms with Crippen LogP contribution in [0.5, 0.6) is 0 Å². The van der Waals surface area contributed by atoms with E-state index < -0.39 is 22.5 Å². The number of nitrogens with zero attached hydrogens (tertiary/aromatic N) is 3. The average Bonchev–Trinajstić information content (AvgIpc) is 3.24. The number of aromatic amines is 1. The molecule has 2 amide bonds. The van der Waals surface area contributed by atoms with E-state index in [9.17, 15) is 24.5 Å². The molecule has 0 saturated heterocycles. The zero-order valence-corrected chi connectivity index (χ0v) is 16.5. The van der Waals surface area contributed by atoms with Crippen LogP contribution in [0.1, 0.15) is 49.4 Å². The lowest BCUT2D eigenvalue weighted by Gasteiger charge is -2.09. The molecule has 11 nitrogen and oxygen atoms in total. The van der Waals surface area contributed by atoms with Gasteiger partial charge in [0.2, 0.25) is 5.69 Å². The molecule has 2 aromatic heterocycles. The van der Waals surface area contributed by atoms with Crippen LogP contribution in [0.3, 0.4) is 0 Å². The molecule has 2 rings (SSSR count). The zero-order valence-electron chi connectivity index (χ0n) is 15.7. The maximum atomic E-state index is 12.5. The van der Waals surface area contributed by atoms with E-state index in [1.54, 1.807) is 21.0 Å². The van der Waals surface area contributed by atoms with E-state index >= 15 is 0 Å². The molecule has 0 bridgehead atoms. The predicted octanol–water partition coefficient (Wildman–Crippen LogP) is 2.21. The van der Waals surface area contributed by atoms with Gasteiger partial charge < -0.3 is 15.0 Å². The number of nitro groups is 1. The first-order valence-electron chi connectivity index (χ1n) is 8.20. The summed E-state index contributed by atoms with van der Waals surface area (Å²) in [6.45, 7) is 3.57. The van der Waals surface area contributed by atoms with E-state index in [-0.39, 0.29) is 33.6 Å². The minimum Gasteiger partial charge on any atom is -0.462 e. The Balaban J connectivity index is 2.46. The Hall–Kier alpha value is -3.28. The number of amides is 2. The lowest BCUT2D eigenvalue weighted by Crippen LogP contribution is -2.21. The van der Waals surface area contributed by atoms with Gasteiger partial charge in [-0.05, 0) is 18.9 Å². The highest BCUT2D eigenvalue weighted by molar-refractivity contribution is 7.18. The number of hydrogen-bond acceptors (Lipinski definition) is 8. The second-order valence-electron chi connectivity index (χ2n) is 5.94. The Morgan fingerprint density at radius 2 is 2.07 bits per heavy atom. The number of aromatic nitrogens is 2. The average molecular weight is 409 g/mol. The summed E-state index contributed by atoms with van der Waals surface area (Å²) in [5, 5.41) is 19.3. The predicted molar refractivity (Wildman–Crippen MR) is 101 cm³/mol. The van der Waals surface area contributed by atoms with Crippen molar-refractivity contribution in [3.05, 3.63) is 38.0 Å². The molecule has 2 aromatic rings. The molecule has 28 heavy (non-hydrogen) atoms. The first-order chi connectivity index (χ1) is 13.2. The van der Waals surface area contributed by atoms with Gasteiger partial charge in [0.15, 0.2) is 0 Å². The molecule has 0 aromatic carbocycles. The summed E-state index contributed by atoms with van der Waals surface area (Å²) in [6.07, 6.45) is 1.51. The molecule has 0 aliphatic rings. The second-order valence-corrected chi connectivity index (χ2v) is 6.96. The topological polar surface area (TPSA) is 148 Å². The molecular formula is C16H19N5O6S. The third-order valence-corrected chi connectivity index (χ3v) is 4.85. The number of esters is 1. The molecule has 0 atom stereocenters. The lowest BCUT2D eigenvalue weighted by molar-refractivity contribution is -0.385. The van der Waals surface area contributed by atoms with Crippen LogP contribution in [-0.2, 0) is 4.74 Å². The van der Waals surface area contributed by atoms with Gasteiger partial charge >= 0.3 is 11.7 Å². The summed E-state index contributed by atoms with van der Waals surface area (Å²) >= 11 is 0.896. The Bertz CT molecular complexity index is 932. The fraction of sp³-hybridized carbons (Fsp3) is 0.375. The van der Waals surface area contributed by atoms with Crippen molar-refractivity contribution in [3.63, 3.8) is 0 Å². The largest absolute Gasteiger partial charge is 0.462 e. The van der Waals surface area contributed by atoms with Crippen LogP contribution >= 0.6 is 11.3 Å². The van der Waals surface area contributed by atoms with Gasteiger partial charge in [-0.3, -0.25) is 24.8 Å². The van der Waals surface area contributed by atoms with Gasteiger partial charge in [-0.1, -0.05) is 6.92 Å². The number of nitrogens with one attached hydrogen (secondary N) is 2. The van der Waals surface area contributed by atoms with Crippen LogP contribution in [0, 0.1) is 17.0 Å². The summed E-state index contributed by atoms with van der Waals surface area (Å²) in [4.78, 5) is 49.2. The Morgan fingerprint density at radius 1 is 1.39 bits per heavy atom. The van der Waals surface area contributed by atoms with Crippen LogP contribution < -0.4 is 5.32 Å². The molecule has 0 aliphatic heterocycles. The number of hydrogen-bond donors (Lipinski definition) is 2. The van der Waals surface area contributed by atoms with Gasteiger partial charge in [0, 0.05) is 14.1 Å². The van der Waals surface area contributed by atoms with Crippen molar-refractivity contribution in [3.8, 4) is 0 Å². The molecule has 0 unspecified atom stereocenters. The highest BCUT2D eigenvalue weighted by atomic mass is 32.1. The van der Waals surface area contributed by atoms with Crippen LogP contribution in [0.15, 0.2) is 6.20 Å². The van der Waals surface area contributed by atoms with Gasteiger partial charge in [-0.25, -0.2) is 4.79 Å². The third-order valence-electron chi connectivity index (χ3n) is 3.66. The van der Waals surface area contributed by atoms with Crippen molar-refractivity contribution >= 4 is 39.8 Å². The number of ether oxygens (including phenoxy) is 1. The molecule has 0 radical (unpaired) electrons. The molecule has 0 aliphatic carbocycles. The van der Waals surface area contributed by atoms with Crippen LogP contribution in [0.25, 0.3) is 0 Å². The first-order valence-corrected chi connectivity index (χ1v) is 9.01. The minimum absolute atomic E-state index is 0.0409. The van der Waals surface area contributed by atoms with Crippen LogP contribution in [-0.4, -0.2) is 58.5 Å². The van der Waals surface area contributed by atoms with Crippen molar-refractivity contribution < 1.29 is 24.0 Å². The molecule has 150 valence electrons. The summed E-state index contributed by atoms with van der Waals surface area (Å²) in [5.74, 6) is -1.90. The van der Waals surface area contributed by atoms with Gasteiger partial charge in [0.05, 0.1) is 22.0 Å². The third kappa shape index (κ3) is 4.17. The molecule has 0 spiro atoms. The quantitative estimate of drug-likeness (QED) is 0.405. The highest BCUT2D eigenvalue weighted by Gasteiger charge is 2.29. The highest BCUT2D eigenvalue weighted by Crippen LogP contribution is 2.35. The summed E-state index contributed by atoms with van der Waals surface area (Å²) in [5.41, 5.74) is -0.478. The summed E-state index contributed by atoms with van der Waals surface area (Å²) in [6, 6.07) is 0. The van der Waals surface area contributed by atoms with Gasteiger partial charge in [-0.2, -0.15) is 5.10 Å². The smallest absolute Gasteiger partial charge is 0.341 e. The molecule has 0 fully saturated rings. The van der Waals surface area contributed by atoms with E-state index in [0.29, 0.717) is 12.0 Å². The summed E-state index contributed by atoms with van der Waals surface area (Å²) < 4.78 is 5.15. The fourth-order valence-electron chi connectivity index (χ4n) is 2.27. The molecule has 2 N–H and O–H groups in total. The molecular weight excluding hydrogens is 390 g/mol.